The first-order valence-corrected chi connectivity index (χ1v) is 4.61. The van der Waals surface area contributed by atoms with E-state index >= 15 is 0 Å². The van der Waals surface area contributed by atoms with Gasteiger partial charge in [0.2, 0.25) is 0 Å². The van der Waals surface area contributed by atoms with Crippen LogP contribution in [0.15, 0.2) is 0 Å². The van der Waals surface area contributed by atoms with Crippen LogP contribution in [0.3, 0.4) is 0 Å². The summed E-state index contributed by atoms with van der Waals surface area (Å²) < 4.78 is 5.19. The Kier molecular flexibility index (Phi) is 1.85. The van der Waals surface area contributed by atoms with E-state index in [1.54, 1.807) is 0 Å². The van der Waals surface area contributed by atoms with Gasteiger partial charge in [-0.3, -0.25) is 4.79 Å². The lowest BCUT2D eigenvalue weighted by Crippen LogP contribution is -2.44. The van der Waals surface area contributed by atoms with Crippen molar-refractivity contribution in [3.63, 3.8) is 0 Å². The Hall–Kier alpha value is -0.610. The van der Waals surface area contributed by atoms with Crippen molar-refractivity contribution < 1.29 is 14.6 Å². The molecule has 2 N–H and O–H groups in total. The number of fused-ring (bicyclic) bond motifs is 1. The molecule has 0 radical (unpaired) electrons. The van der Waals surface area contributed by atoms with Crippen molar-refractivity contribution in [2.45, 2.75) is 25.5 Å². The molecule has 1 aliphatic heterocycles. The van der Waals surface area contributed by atoms with Crippen LogP contribution in [-0.4, -0.2) is 35.9 Å². The maximum absolute atomic E-state index is 11.3. The molecule has 1 aliphatic carbocycles. The van der Waals surface area contributed by atoms with Gasteiger partial charge in [-0.1, -0.05) is 0 Å². The van der Waals surface area contributed by atoms with Gasteiger partial charge in [0.25, 0.3) is 5.91 Å². The molecule has 2 atom stereocenters. The maximum atomic E-state index is 11.3. The molecule has 1 saturated heterocycles. The number of ether oxygens (including phenoxy) is 1. The summed E-state index contributed by atoms with van der Waals surface area (Å²) in [5.74, 6) is 0.699. The van der Waals surface area contributed by atoms with Gasteiger partial charge in [0.15, 0.2) is 0 Å². The number of nitrogens with one attached hydrogen (secondary N) is 1. The normalized spacial score (nSPS) is 37.0. The minimum Gasteiger partial charge on any atom is -0.381 e. The summed E-state index contributed by atoms with van der Waals surface area (Å²) in [6.45, 7) is 4.50. The van der Waals surface area contributed by atoms with Crippen molar-refractivity contribution in [2.75, 3.05) is 13.2 Å². The van der Waals surface area contributed by atoms with Gasteiger partial charge >= 0.3 is 0 Å². The molecule has 2 fully saturated rings. The number of rotatable bonds is 2. The highest BCUT2D eigenvalue weighted by atomic mass is 16.5. The van der Waals surface area contributed by atoms with Crippen LogP contribution in [0, 0.1) is 11.8 Å². The molecule has 13 heavy (non-hydrogen) atoms. The Morgan fingerprint density at radius 1 is 1.46 bits per heavy atom. The van der Waals surface area contributed by atoms with E-state index in [2.05, 4.69) is 5.32 Å². The van der Waals surface area contributed by atoms with Gasteiger partial charge in [-0.05, 0) is 13.8 Å². The zero-order valence-electron chi connectivity index (χ0n) is 7.91. The van der Waals surface area contributed by atoms with Crippen LogP contribution in [0.2, 0.25) is 0 Å². The third kappa shape index (κ3) is 1.56. The van der Waals surface area contributed by atoms with Gasteiger partial charge in [0.05, 0.1) is 13.2 Å². The zero-order chi connectivity index (χ0) is 9.64. The molecule has 0 aromatic rings. The van der Waals surface area contributed by atoms with Crippen LogP contribution in [0.25, 0.3) is 0 Å². The van der Waals surface area contributed by atoms with Gasteiger partial charge in [-0.2, -0.15) is 0 Å². The van der Waals surface area contributed by atoms with E-state index in [1.165, 1.54) is 13.8 Å². The first kappa shape index (κ1) is 8.97. The maximum Gasteiger partial charge on any atom is 0.251 e. The van der Waals surface area contributed by atoms with E-state index in [0.29, 0.717) is 11.8 Å². The third-order valence-electron chi connectivity index (χ3n) is 2.81. The molecule has 0 bridgehead atoms. The van der Waals surface area contributed by atoms with Crippen LogP contribution < -0.4 is 5.32 Å². The largest absolute Gasteiger partial charge is 0.381 e. The van der Waals surface area contributed by atoms with E-state index in [-0.39, 0.29) is 11.9 Å². The highest BCUT2D eigenvalue weighted by Crippen LogP contribution is 2.44. The fourth-order valence-electron chi connectivity index (χ4n) is 1.78. The fraction of sp³-hybridized carbons (Fsp3) is 0.889. The number of amides is 1. The molecule has 74 valence electrons. The number of hydrogen-bond acceptors (Lipinski definition) is 3. The molecule has 0 unspecified atom stereocenters. The van der Waals surface area contributed by atoms with Crippen LogP contribution in [0.4, 0.5) is 0 Å². The SMILES string of the molecule is CC(C)(O)C(=O)NC1[C@H]2COC[C@H]12. The number of hydrogen-bond donors (Lipinski definition) is 2. The molecule has 0 aromatic heterocycles. The third-order valence-corrected chi connectivity index (χ3v) is 2.81. The Labute approximate surface area is 77.3 Å². The Morgan fingerprint density at radius 2 is 2.00 bits per heavy atom. The van der Waals surface area contributed by atoms with Crippen molar-refractivity contribution >= 4 is 5.91 Å². The Bertz CT molecular complexity index is 224. The molecule has 4 heteroatoms. The van der Waals surface area contributed by atoms with Crippen LogP contribution >= 0.6 is 0 Å². The first-order chi connectivity index (χ1) is 6.00. The second kappa shape index (κ2) is 2.69. The second-order valence-electron chi connectivity index (χ2n) is 4.42. The molecule has 4 nitrogen and oxygen atoms in total. The quantitative estimate of drug-likeness (QED) is 0.611. The summed E-state index contributed by atoms with van der Waals surface area (Å²) in [7, 11) is 0. The first-order valence-electron chi connectivity index (χ1n) is 4.61. The smallest absolute Gasteiger partial charge is 0.251 e. The fourth-order valence-corrected chi connectivity index (χ4v) is 1.78. The molecule has 0 spiro atoms. The van der Waals surface area contributed by atoms with Crippen molar-refractivity contribution in [2.24, 2.45) is 11.8 Å². The van der Waals surface area contributed by atoms with Gasteiger partial charge < -0.3 is 15.2 Å². The minimum absolute atomic E-state index is 0.243. The average molecular weight is 185 g/mol. The van der Waals surface area contributed by atoms with Crippen molar-refractivity contribution in [3.8, 4) is 0 Å². The van der Waals surface area contributed by atoms with E-state index < -0.39 is 5.60 Å². The lowest BCUT2D eigenvalue weighted by Gasteiger charge is -2.17. The van der Waals surface area contributed by atoms with Gasteiger partial charge in [-0.15, -0.1) is 0 Å². The highest BCUT2D eigenvalue weighted by molar-refractivity contribution is 5.84. The summed E-state index contributed by atoms with van der Waals surface area (Å²) in [5, 5.41) is 12.2. The number of aliphatic hydroxyl groups is 1. The van der Waals surface area contributed by atoms with Gasteiger partial charge in [0, 0.05) is 17.9 Å². The Morgan fingerprint density at radius 3 is 2.46 bits per heavy atom. The molecule has 2 rings (SSSR count). The minimum atomic E-state index is -1.27. The lowest BCUT2D eigenvalue weighted by atomic mass is 10.1. The van der Waals surface area contributed by atoms with E-state index in [1.807, 2.05) is 0 Å². The molecular formula is C9H15NO3. The highest BCUT2D eigenvalue weighted by Gasteiger charge is 2.55. The monoisotopic (exact) mass is 185 g/mol. The predicted octanol–water partition coefficient (Wildman–Crippen LogP) is -0.482. The lowest BCUT2D eigenvalue weighted by molar-refractivity contribution is -0.136. The van der Waals surface area contributed by atoms with E-state index in [4.69, 9.17) is 4.74 Å². The van der Waals surface area contributed by atoms with E-state index in [9.17, 15) is 9.90 Å². The number of carbonyl (C=O) groups excluding carboxylic acids is 1. The predicted molar refractivity (Wildman–Crippen MR) is 46.0 cm³/mol. The van der Waals surface area contributed by atoms with Crippen LogP contribution in [-0.2, 0) is 9.53 Å². The molecule has 0 aromatic carbocycles. The zero-order valence-corrected chi connectivity index (χ0v) is 7.91. The summed E-state index contributed by atoms with van der Waals surface area (Å²) in [5.41, 5.74) is -1.27. The van der Waals surface area contributed by atoms with Crippen LogP contribution in [0.1, 0.15) is 13.8 Å². The summed E-state index contributed by atoms with van der Waals surface area (Å²) in [4.78, 5) is 11.3. The number of carbonyl (C=O) groups is 1. The molecule has 2 aliphatic rings. The van der Waals surface area contributed by atoms with Gasteiger partial charge in [-0.25, -0.2) is 0 Å². The molecule has 1 heterocycles. The van der Waals surface area contributed by atoms with Gasteiger partial charge in [0.1, 0.15) is 5.60 Å². The molecular weight excluding hydrogens is 170 g/mol. The van der Waals surface area contributed by atoms with E-state index in [0.717, 1.165) is 13.2 Å². The van der Waals surface area contributed by atoms with Crippen molar-refractivity contribution in [1.29, 1.82) is 0 Å². The standard InChI is InChI=1S/C9H15NO3/c1-9(2,12)8(11)10-7-5-3-13-4-6(5)7/h5-7,12H,3-4H2,1-2H3,(H,10,11)/t5-,6-/m0/s1. The topological polar surface area (TPSA) is 58.6 Å². The van der Waals surface area contributed by atoms with Crippen molar-refractivity contribution in [3.05, 3.63) is 0 Å². The van der Waals surface area contributed by atoms with Crippen LogP contribution in [0.5, 0.6) is 0 Å². The average Bonchev–Trinajstić information content (AvgIpc) is 2.47. The summed E-state index contributed by atoms with van der Waals surface area (Å²) >= 11 is 0. The molecule has 1 saturated carbocycles. The molecule has 1 amide bonds. The Balaban J connectivity index is 1.84. The summed E-state index contributed by atoms with van der Waals surface area (Å²) in [6, 6.07) is 0.243. The second-order valence-corrected chi connectivity index (χ2v) is 4.42. The van der Waals surface area contributed by atoms with Crippen molar-refractivity contribution in [1.82, 2.24) is 5.32 Å². The summed E-state index contributed by atoms with van der Waals surface area (Å²) in [6.07, 6.45) is 0.